The summed E-state index contributed by atoms with van der Waals surface area (Å²) in [5.74, 6) is 1.26. The van der Waals surface area contributed by atoms with Crippen LogP contribution in [0.2, 0.25) is 0 Å². The molecule has 0 atom stereocenters. The van der Waals surface area contributed by atoms with Crippen molar-refractivity contribution in [2.75, 3.05) is 29.9 Å². The number of amides is 1. The van der Waals surface area contributed by atoms with E-state index in [1.54, 1.807) is 36.5 Å². The Bertz CT molecular complexity index is 1080. The number of fused-ring (bicyclic) bond motifs is 1. The van der Waals surface area contributed by atoms with E-state index in [-0.39, 0.29) is 11.7 Å². The highest BCUT2D eigenvalue weighted by atomic mass is 32.2. The normalized spacial score (nSPS) is 14.1. The van der Waals surface area contributed by atoms with Crippen LogP contribution in [0.1, 0.15) is 27.6 Å². The van der Waals surface area contributed by atoms with Gasteiger partial charge < -0.3 is 10.2 Å². The highest BCUT2D eigenvalue weighted by Gasteiger charge is 2.23. The quantitative estimate of drug-likeness (QED) is 0.643. The molecule has 3 aromatic rings. The third kappa shape index (κ3) is 4.10. The summed E-state index contributed by atoms with van der Waals surface area (Å²) in [5, 5.41) is 3.80. The van der Waals surface area contributed by atoms with Crippen LogP contribution in [0.25, 0.3) is 10.9 Å². The van der Waals surface area contributed by atoms with E-state index in [1.807, 2.05) is 16.7 Å². The molecule has 0 aliphatic carbocycles. The van der Waals surface area contributed by atoms with Crippen molar-refractivity contribution >= 4 is 45.7 Å². The topological polar surface area (TPSA) is 62.3 Å². The third-order valence-electron chi connectivity index (χ3n) is 4.92. The highest BCUT2D eigenvalue weighted by Crippen LogP contribution is 2.31. The fourth-order valence-corrected chi connectivity index (χ4v) is 4.23. The maximum absolute atomic E-state index is 14.0. The molecule has 4 rings (SSSR count). The highest BCUT2D eigenvalue weighted by molar-refractivity contribution is 7.99. The number of benzene rings is 2. The Balaban J connectivity index is 1.78. The van der Waals surface area contributed by atoms with Gasteiger partial charge in [-0.05, 0) is 49.4 Å². The lowest BCUT2D eigenvalue weighted by molar-refractivity contribution is 0.0773. The van der Waals surface area contributed by atoms with Gasteiger partial charge in [0.2, 0.25) is 0 Å². The first-order chi connectivity index (χ1) is 14.0. The first-order valence-corrected chi connectivity index (χ1v) is 10.5. The van der Waals surface area contributed by atoms with E-state index in [0.717, 1.165) is 11.5 Å². The Morgan fingerprint density at radius 1 is 1.10 bits per heavy atom. The number of ketones is 1. The van der Waals surface area contributed by atoms with Crippen LogP contribution < -0.4 is 5.32 Å². The van der Waals surface area contributed by atoms with Crippen LogP contribution in [-0.2, 0) is 0 Å². The van der Waals surface area contributed by atoms with Gasteiger partial charge >= 0.3 is 0 Å². The molecule has 1 saturated heterocycles. The van der Waals surface area contributed by atoms with E-state index in [1.165, 1.54) is 19.1 Å². The van der Waals surface area contributed by atoms with Gasteiger partial charge in [-0.3, -0.25) is 14.6 Å². The van der Waals surface area contributed by atoms with Crippen molar-refractivity contribution in [2.45, 2.75) is 6.92 Å². The molecule has 7 heteroatoms. The molecule has 29 heavy (non-hydrogen) atoms. The molecule has 2 heterocycles. The third-order valence-corrected chi connectivity index (χ3v) is 5.86. The molecule has 0 bridgehead atoms. The molecular formula is C22H20FN3O2S. The number of nitrogens with one attached hydrogen (secondary N) is 1. The zero-order chi connectivity index (χ0) is 20.4. The first kappa shape index (κ1) is 19.4. The van der Waals surface area contributed by atoms with E-state index in [4.69, 9.17) is 0 Å². The molecule has 1 fully saturated rings. The molecular weight excluding hydrogens is 389 g/mol. The fraction of sp³-hybridized carbons (Fsp3) is 0.227. The average Bonchev–Trinajstić information content (AvgIpc) is 2.74. The van der Waals surface area contributed by atoms with Crippen LogP contribution in [0.4, 0.5) is 15.8 Å². The molecule has 5 nitrogen and oxygen atoms in total. The molecule has 1 aliphatic heterocycles. The zero-order valence-corrected chi connectivity index (χ0v) is 16.8. The summed E-state index contributed by atoms with van der Waals surface area (Å²) in [6.07, 6.45) is 1.55. The number of anilines is 2. The van der Waals surface area contributed by atoms with Gasteiger partial charge in [-0.1, -0.05) is 0 Å². The molecule has 2 aromatic carbocycles. The second-order valence-electron chi connectivity index (χ2n) is 6.87. The maximum atomic E-state index is 14.0. The minimum Gasteiger partial charge on any atom is -0.354 e. The summed E-state index contributed by atoms with van der Waals surface area (Å²) < 4.78 is 14.0. The van der Waals surface area contributed by atoms with Crippen LogP contribution in [0.3, 0.4) is 0 Å². The van der Waals surface area contributed by atoms with E-state index in [9.17, 15) is 14.0 Å². The van der Waals surface area contributed by atoms with Gasteiger partial charge in [0.25, 0.3) is 5.91 Å². The Kier molecular flexibility index (Phi) is 5.49. The smallest absolute Gasteiger partial charge is 0.257 e. The zero-order valence-electron chi connectivity index (χ0n) is 15.9. The Hall–Kier alpha value is -2.93. The molecule has 1 aromatic heterocycles. The van der Waals surface area contributed by atoms with E-state index in [2.05, 4.69) is 10.3 Å². The van der Waals surface area contributed by atoms with Gasteiger partial charge in [0.05, 0.1) is 16.8 Å². The maximum Gasteiger partial charge on any atom is 0.257 e. The number of aromatic nitrogens is 1. The number of thioether (sulfide) groups is 1. The second-order valence-corrected chi connectivity index (χ2v) is 8.10. The largest absolute Gasteiger partial charge is 0.354 e. The van der Waals surface area contributed by atoms with Crippen LogP contribution in [0.5, 0.6) is 0 Å². The Labute approximate surface area is 172 Å². The molecule has 0 saturated carbocycles. The SMILES string of the molecule is CC(=O)c1ccc(Nc2c(C(=O)N3CCSCC3)cnc3ccc(F)cc23)cc1. The van der Waals surface area contributed by atoms with Gasteiger partial charge in [0.15, 0.2) is 5.78 Å². The van der Waals surface area contributed by atoms with Crippen molar-refractivity contribution in [1.82, 2.24) is 9.88 Å². The van der Waals surface area contributed by atoms with Crippen molar-refractivity contribution in [3.63, 3.8) is 0 Å². The number of Topliss-reactive ketones (excluding diaryl/α,β-unsaturated/α-hetero) is 1. The molecule has 148 valence electrons. The monoisotopic (exact) mass is 409 g/mol. The Morgan fingerprint density at radius 3 is 2.52 bits per heavy atom. The van der Waals surface area contributed by atoms with Gasteiger partial charge in [-0.15, -0.1) is 0 Å². The standard InChI is InChI=1S/C22H20FN3O2S/c1-14(27)15-2-5-17(6-3-15)25-21-18-12-16(23)4-7-20(18)24-13-19(21)22(28)26-8-10-29-11-9-26/h2-7,12-13H,8-11H2,1H3,(H,24,25). The molecule has 1 N–H and O–H groups in total. The minimum absolute atomic E-state index is 0.0215. The van der Waals surface area contributed by atoms with Gasteiger partial charge in [-0.2, -0.15) is 11.8 Å². The number of carbonyl (C=O) groups is 2. The van der Waals surface area contributed by atoms with Crippen molar-refractivity contribution in [3.8, 4) is 0 Å². The number of hydrogen-bond donors (Lipinski definition) is 1. The van der Waals surface area contributed by atoms with Gasteiger partial charge in [-0.25, -0.2) is 4.39 Å². The summed E-state index contributed by atoms with van der Waals surface area (Å²) in [7, 11) is 0. The number of rotatable bonds is 4. The fourth-order valence-electron chi connectivity index (χ4n) is 3.33. The molecule has 0 spiro atoms. The number of halogens is 1. The van der Waals surface area contributed by atoms with Crippen molar-refractivity contribution in [2.24, 2.45) is 0 Å². The number of carbonyl (C=O) groups excluding carboxylic acids is 2. The van der Waals surface area contributed by atoms with E-state index < -0.39 is 5.82 Å². The van der Waals surface area contributed by atoms with Gasteiger partial charge in [0.1, 0.15) is 5.82 Å². The van der Waals surface area contributed by atoms with Crippen LogP contribution in [0.15, 0.2) is 48.7 Å². The molecule has 0 radical (unpaired) electrons. The summed E-state index contributed by atoms with van der Waals surface area (Å²) in [6.45, 7) is 2.87. The minimum atomic E-state index is -0.395. The lowest BCUT2D eigenvalue weighted by atomic mass is 10.1. The van der Waals surface area contributed by atoms with Crippen LogP contribution in [-0.4, -0.2) is 46.2 Å². The number of nitrogens with zero attached hydrogens (tertiary/aromatic N) is 2. The van der Waals surface area contributed by atoms with Crippen molar-refractivity contribution < 1.29 is 14.0 Å². The second kappa shape index (κ2) is 8.21. The number of hydrogen-bond acceptors (Lipinski definition) is 5. The van der Waals surface area contributed by atoms with Gasteiger partial charge in [0, 0.05) is 47.4 Å². The first-order valence-electron chi connectivity index (χ1n) is 9.36. The van der Waals surface area contributed by atoms with Crippen molar-refractivity contribution in [3.05, 3.63) is 65.6 Å². The van der Waals surface area contributed by atoms with Crippen molar-refractivity contribution in [1.29, 1.82) is 0 Å². The van der Waals surface area contributed by atoms with Crippen LogP contribution in [0, 0.1) is 5.82 Å². The molecule has 0 unspecified atom stereocenters. The van der Waals surface area contributed by atoms with E-state index in [0.29, 0.717) is 46.5 Å². The number of pyridine rings is 1. The predicted octanol–water partition coefficient (Wildman–Crippen LogP) is 4.51. The molecule has 1 aliphatic rings. The van der Waals surface area contributed by atoms with Crippen LogP contribution >= 0.6 is 11.8 Å². The summed E-state index contributed by atoms with van der Waals surface area (Å²) in [4.78, 5) is 30.9. The lowest BCUT2D eigenvalue weighted by Crippen LogP contribution is -2.38. The van der Waals surface area contributed by atoms with E-state index >= 15 is 0 Å². The average molecular weight is 409 g/mol. The Morgan fingerprint density at radius 2 is 1.83 bits per heavy atom. The summed E-state index contributed by atoms with van der Waals surface area (Å²) in [6, 6.07) is 11.3. The summed E-state index contributed by atoms with van der Waals surface area (Å²) in [5.41, 5.74) is 2.83. The lowest BCUT2D eigenvalue weighted by Gasteiger charge is -2.27. The summed E-state index contributed by atoms with van der Waals surface area (Å²) >= 11 is 1.82. The molecule has 1 amide bonds. The predicted molar refractivity (Wildman–Crippen MR) is 115 cm³/mol.